The summed E-state index contributed by atoms with van der Waals surface area (Å²) in [5.41, 5.74) is 3.42. The van der Waals surface area contributed by atoms with Crippen molar-refractivity contribution in [2.45, 2.75) is 78.2 Å². The Hall–Kier alpha value is -2.82. The normalized spacial score (nSPS) is 20.6. The van der Waals surface area contributed by atoms with Gasteiger partial charge in [0.25, 0.3) is 5.56 Å². The van der Waals surface area contributed by atoms with E-state index in [1.807, 2.05) is 52.0 Å². The standard InChI is InChI=1S/C32H40FN4OP.C2H6/c1-32(2)28(16-17-29(32)33)25(22-12-14-24(39)15-13-22)11-7-20-37-19-6-8-23(18-21-37)34-30-26-9-4-3-5-10-27(26)31(38)36-35-30;1-2/h3-5,10,12-17,23,25H,6-9,11,18-21,39H2,1-2H3,(H,34,35)(H,36,38);1-2H3. The third-order valence-electron chi connectivity index (χ3n) is 8.53. The highest BCUT2D eigenvalue weighted by Crippen LogP contribution is 2.48. The molecule has 0 radical (unpaired) electrons. The molecule has 0 saturated carbocycles. The number of hydrogen-bond acceptors (Lipinski definition) is 4. The van der Waals surface area contributed by atoms with E-state index in [4.69, 9.17) is 0 Å². The first-order chi connectivity index (χ1) is 19.8. The lowest BCUT2D eigenvalue weighted by Crippen LogP contribution is -2.29. The summed E-state index contributed by atoms with van der Waals surface area (Å²) in [5.74, 6) is 0.963. The molecule has 0 spiro atoms. The zero-order valence-corrected chi connectivity index (χ0v) is 26.2. The molecule has 7 heteroatoms. The largest absolute Gasteiger partial charge is 0.366 e. The molecule has 3 atom stereocenters. The summed E-state index contributed by atoms with van der Waals surface area (Å²) in [5, 5.41) is 11.8. The number of aromatic nitrogens is 2. The van der Waals surface area contributed by atoms with Gasteiger partial charge in [-0.1, -0.05) is 68.0 Å². The summed E-state index contributed by atoms with van der Waals surface area (Å²) in [4.78, 5) is 14.9. The molecule has 2 N–H and O–H groups in total. The van der Waals surface area contributed by atoms with Crippen molar-refractivity contribution >= 4 is 26.4 Å². The van der Waals surface area contributed by atoms with E-state index in [0.29, 0.717) is 18.0 Å². The Balaban J connectivity index is 0.00000189. The van der Waals surface area contributed by atoms with E-state index in [1.54, 1.807) is 6.08 Å². The molecule has 2 aromatic rings. The van der Waals surface area contributed by atoms with Crippen LogP contribution in [0.15, 0.2) is 70.8 Å². The summed E-state index contributed by atoms with van der Waals surface area (Å²) < 4.78 is 14.6. The SMILES string of the molecule is CC.CC1(C)C(F)=CC=C1C(CCCN1CCCC(Nc2n[nH]c(=O)c3c2CC=CC=C3)CC1)c1ccc(P)cc1. The van der Waals surface area contributed by atoms with Crippen LogP contribution < -0.4 is 16.2 Å². The third kappa shape index (κ3) is 7.53. The summed E-state index contributed by atoms with van der Waals surface area (Å²) in [6.45, 7) is 11.1. The highest BCUT2D eigenvalue weighted by Gasteiger charge is 2.36. The molecule has 5 rings (SSSR count). The van der Waals surface area contributed by atoms with Gasteiger partial charge in [-0.2, -0.15) is 5.10 Å². The minimum atomic E-state index is -0.550. The highest BCUT2D eigenvalue weighted by atomic mass is 31.0. The van der Waals surface area contributed by atoms with Gasteiger partial charge in [-0.25, -0.2) is 9.49 Å². The molecule has 3 unspecified atom stereocenters. The lowest BCUT2D eigenvalue weighted by atomic mass is 9.74. The third-order valence-corrected chi connectivity index (χ3v) is 8.91. The van der Waals surface area contributed by atoms with Gasteiger partial charge in [0.2, 0.25) is 0 Å². The lowest BCUT2D eigenvalue weighted by Gasteiger charge is -2.31. The average molecular weight is 577 g/mol. The maximum Gasteiger partial charge on any atom is 0.271 e. The first-order valence-electron chi connectivity index (χ1n) is 15.2. The van der Waals surface area contributed by atoms with E-state index < -0.39 is 5.41 Å². The summed E-state index contributed by atoms with van der Waals surface area (Å²) in [6.07, 6.45) is 17.5. The molecule has 3 aliphatic rings. The summed E-state index contributed by atoms with van der Waals surface area (Å²) in [7, 11) is 2.75. The molecule has 1 aromatic heterocycles. The number of fused-ring (bicyclic) bond motifs is 1. The Kier molecular flexibility index (Phi) is 10.9. The summed E-state index contributed by atoms with van der Waals surface area (Å²) in [6, 6.07) is 8.97. The Morgan fingerprint density at radius 3 is 2.66 bits per heavy atom. The molecule has 0 amide bonds. The van der Waals surface area contributed by atoms with Gasteiger partial charge in [0.1, 0.15) is 5.83 Å². The number of allylic oxidation sites excluding steroid dienone is 7. The molecule has 2 aliphatic carbocycles. The number of hydrogen-bond donors (Lipinski definition) is 2. The van der Waals surface area contributed by atoms with Crippen molar-refractivity contribution in [3.8, 4) is 0 Å². The second kappa shape index (κ2) is 14.4. The van der Waals surface area contributed by atoms with Gasteiger partial charge in [0.15, 0.2) is 5.82 Å². The average Bonchev–Trinajstić information content (AvgIpc) is 3.21. The first kappa shape index (κ1) is 31.1. The predicted octanol–water partition coefficient (Wildman–Crippen LogP) is 7.07. The van der Waals surface area contributed by atoms with E-state index in [-0.39, 0.29) is 17.3 Å². The fourth-order valence-corrected chi connectivity index (χ4v) is 6.35. The van der Waals surface area contributed by atoms with E-state index >= 15 is 0 Å². The van der Waals surface area contributed by atoms with Crippen LogP contribution in [0.5, 0.6) is 0 Å². The Labute approximate surface area is 247 Å². The van der Waals surface area contributed by atoms with Crippen molar-refractivity contribution in [3.63, 3.8) is 0 Å². The molecule has 1 saturated heterocycles. The number of anilines is 1. The van der Waals surface area contributed by atoms with E-state index in [2.05, 4.69) is 60.0 Å². The van der Waals surface area contributed by atoms with Crippen molar-refractivity contribution in [2.75, 3.05) is 25.0 Å². The maximum atomic E-state index is 14.6. The highest BCUT2D eigenvalue weighted by molar-refractivity contribution is 7.27. The number of benzene rings is 1. The van der Waals surface area contributed by atoms with Gasteiger partial charge >= 0.3 is 0 Å². The van der Waals surface area contributed by atoms with Crippen LogP contribution in [0, 0.1) is 5.41 Å². The predicted molar refractivity (Wildman–Crippen MR) is 175 cm³/mol. The number of halogens is 1. The van der Waals surface area contributed by atoms with Crippen LogP contribution in [0.25, 0.3) is 6.08 Å². The minimum Gasteiger partial charge on any atom is -0.366 e. The van der Waals surface area contributed by atoms with Crippen molar-refractivity contribution in [2.24, 2.45) is 5.41 Å². The number of H-pyrrole nitrogens is 1. The zero-order valence-electron chi connectivity index (χ0n) is 25.1. The summed E-state index contributed by atoms with van der Waals surface area (Å²) >= 11 is 0. The Morgan fingerprint density at radius 2 is 1.93 bits per heavy atom. The molecule has 1 fully saturated rings. The number of likely N-dealkylation sites (tertiary alicyclic amines) is 1. The number of aromatic amines is 1. The molecule has 220 valence electrons. The van der Waals surface area contributed by atoms with Crippen molar-refractivity contribution in [1.82, 2.24) is 15.1 Å². The second-order valence-corrected chi connectivity index (χ2v) is 12.2. The number of nitrogens with zero attached hydrogens (tertiary/aromatic N) is 2. The van der Waals surface area contributed by atoms with Crippen LogP contribution in [-0.4, -0.2) is 40.8 Å². The van der Waals surface area contributed by atoms with Gasteiger partial charge in [-0.15, -0.1) is 9.24 Å². The number of nitrogens with one attached hydrogen (secondary N) is 2. The monoisotopic (exact) mass is 576 g/mol. The van der Waals surface area contributed by atoms with Gasteiger partial charge in [-0.3, -0.25) is 4.79 Å². The molecular formula is C34H46FN4OP. The molecule has 0 bridgehead atoms. The van der Waals surface area contributed by atoms with E-state index in [9.17, 15) is 9.18 Å². The Bertz CT molecular complexity index is 1360. The van der Waals surface area contributed by atoms with Crippen LogP contribution in [0.1, 0.15) is 82.4 Å². The second-order valence-electron chi connectivity index (χ2n) is 11.5. The van der Waals surface area contributed by atoms with Crippen LogP contribution >= 0.6 is 9.24 Å². The smallest absolute Gasteiger partial charge is 0.271 e. The molecule has 41 heavy (non-hydrogen) atoms. The zero-order chi connectivity index (χ0) is 29.4. The number of rotatable bonds is 8. The van der Waals surface area contributed by atoms with Crippen LogP contribution in [0.4, 0.5) is 10.2 Å². The van der Waals surface area contributed by atoms with Gasteiger partial charge in [0.05, 0.1) is 0 Å². The van der Waals surface area contributed by atoms with Crippen molar-refractivity contribution in [3.05, 3.63) is 93.1 Å². The van der Waals surface area contributed by atoms with Crippen molar-refractivity contribution < 1.29 is 4.39 Å². The van der Waals surface area contributed by atoms with Crippen LogP contribution in [-0.2, 0) is 6.42 Å². The molecule has 1 aliphatic heterocycles. The fraction of sp³-hybridized carbons (Fsp3) is 0.471. The van der Waals surface area contributed by atoms with Crippen LogP contribution in [0.3, 0.4) is 0 Å². The van der Waals surface area contributed by atoms with E-state index in [0.717, 1.165) is 68.4 Å². The molecule has 1 aromatic carbocycles. The lowest BCUT2D eigenvalue weighted by molar-refractivity contribution is 0.274. The molecule has 5 nitrogen and oxygen atoms in total. The quantitative estimate of drug-likeness (QED) is 0.330. The maximum absolute atomic E-state index is 14.6. The Morgan fingerprint density at radius 1 is 1.15 bits per heavy atom. The molecule has 2 heterocycles. The fourth-order valence-electron chi connectivity index (χ4n) is 6.15. The van der Waals surface area contributed by atoms with E-state index in [1.165, 1.54) is 11.1 Å². The minimum absolute atomic E-state index is 0.0443. The van der Waals surface area contributed by atoms with Gasteiger partial charge in [0, 0.05) is 35.0 Å². The van der Waals surface area contributed by atoms with Crippen LogP contribution in [0.2, 0.25) is 0 Å². The molecular weight excluding hydrogens is 530 g/mol. The van der Waals surface area contributed by atoms with Crippen molar-refractivity contribution in [1.29, 1.82) is 0 Å². The first-order valence-corrected chi connectivity index (χ1v) is 15.8. The van der Waals surface area contributed by atoms with Gasteiger partial charge < -0.3 is 10.2 Å². The topological polar surface area (TPSA) is 61.0 Å². The van der Waals surface area contributed by atoms with Gasteiger partial charge in [-0.05, 0) is 88.5 Å².